The highest BCUT2D eigenvalue weighted by atomic mass is 16.2. The number of benzene rings is 1. The normalized spacial score (nSPS) is 21.6. The lowest BCUT2D eigenvalue weighted by Gasteiger charge is -2.38. The van der Waals surface area contributed by atoms with Crippen molar-refractivity contribution in [2.45, 2.75) is 26.2 Å². The highest BCUT2D eigenvalue weighted by Gasteiger charge is 2.31. The van der Waals surface area contributed by atoms with Gasteiger partial charge in [-0.25, -0.2) is 0 Å². The maximum absolute atomic E-state index is 12.9. The third-order valence-corrected chi connectivity index (χ3v) is 5.58. The van der Waals surface area contributed by atoms with E-state index in [0.29, 0.717) is 13.0 Å². The molecule has 0 unspecified atom stereocenters. The van der Waals surface area contributed by atoms with Crippen LogP contribution in [0.5, 0.6) is 0 Å². The lowest BCUT2D eigenvalue weighted by Crippen LogP contribution is -2.53. The molecule has 0 aromatic heterocycles. The minimum absolute atomic E-state index is 0.0150. The Morgan fingerprint density at radius 2 is 1.78 bits per heavy atom. The summed E-state index contributed by atoms with van der Waals surface area (Å²) in [5.41, 5.74) is 1.22. The number of hydrogen-bond acceptors (Lipinski definition) is 3. The number of rotatable bonds is 5. The molecule has 0 N–H and O–H groups in total. The van der Waals surface area contributed by atoms with Crippen LogP contribution in [0.25, 0.3) is 6.08 Å². The second-order valence-corrected chi connectivity index (χ2v) is 7.47. The molecule has 5 nitrogen and oxygen atoms in total. The fourth-order valence-corrected chi connectivity index (χ4v) is 3.94. The number of carbonyl (C=O) groups is 2. The largest absolute Gasteiger partial charge is 0.342 e. The van der Waals surface area contributed by atoms with Gasteiger partial charge in [0.2, 0.25) is 11.8 Å². The molecule has 2 heterocycles. The monoisotopic (exact) mass is 369 g/mol. The molecule has 0 bridgehead atoms. The summed E-state index contributed by atoms with van der Waals surface area (Å²) < 4.78 is 0. The van der Waals surface area contributed by atoms with Crippen molar-refractivity contribution >= 4 is 17.9 Å². The molecule has 1 aromatic rings. The topological polar surface area (TPSA) is 43.9 Å². The summed E-state index contributed by atoms with van der Waals surface area (Å²) >= 11 is 0. The van der Waals surface area contributed by atoms with Crippen molar-refractivity contribution in [2.24, 2.45) is 5.92 Å². The lowest BCUT2D eigenvalue weighted by molar-refractivity contribution is -0.142. The van der Waals surface area contributed by atoms with E-state index in [4.69, 9.17) is 0 Å². The molecule has 0 saturated carbocycles. The first-order chi connectivity index (χ1) is 13.2. The summed E-state index contributed by atoms with van der Waals surface area (Å²) in [5.74, 6) is 0.393. The second-order valence-electron chi connectivity index (χ2n) is 7.47. The van der Waals surface area contributed by atoms with Crippen molar-refractivity contribution in [3.63, 3.8) is 0 Å². The zero-order chi connectivity index (χ0) is 19.1. The van der Waals surface area contributed by atoms with E-state index in [1.54, 1.807) is 0 Å². The maximum atomic E-state index is 12.9. The Bertz CT molecular complexity index is 651. The van der Waals surface area contributed by atoms with Crippen LogP contribution < -0.4 is 0 Å². The summed E-state index contributed by atoms with van der Waals surface area (Å²) in [6.07, 6.45) is 6.72. The van der Waals surface area contributed by atoms with Crippen LogP contribution >= 0.6 is 0 Å². The van der Waals surface area contributed by atoms with E-state index in [1.807, 2.05) is 34.9 Å². The summed E-state index contributed by atoms with van der Waals surface area (Å²) in [5, 5.41) is 0. The van der Waals surface area contributed by atoms with E-state index in [0.717, 1.165) is 52.1 Å². The van der Waals surface area contributed by atoms with Crippen LogP contribution in [-0.4, -0.2) is 72.3 Å². The van der Waals surface area contributed by atoms with Crippen molar-refractivity contribution < 1.29 is 9.59 Å². The fourth-order valence-electron chi connectivity index (χ4n) is 3.94. The number of amides is 2. The standard InChI is InChI=1S/C22H31N3O2/c1-2-21(26)25-13-7-11-20(18-25)22(27)24-16-14-23(15-17-24)12-6-10-19-8-4-3-5-9-19/h3-6,8-10,20H,2,7,11-18H2,1H3/b10-6+/t20-/m1/s1. The summed E-state index contributed by atoms with van der Waals surface area (Å²) in [7, 11) is 0. The van der Waals surface area contributed by atoms with Gasteiger partial charge in [0.05, 0.1) is 5.92 Å². The number of likely N-dealkylation sites (tertiary alicyclic amines) is 1. The summed E-state index contributed by atoms with van der Waals surface area (Å²) in [6.45, 7) is 7.61. The minimum Gasteiger partial charge on any atom is -0.342 e. The predicted octanol–water partition coefficient (Wildman–Crippen LogP) is 2.49. The van der Waals surface area contributed by atoms with Gasteiger partial charge in [-0.2, -0.15) is 0 Å². The summed E-state index contributed by atoms with van der Waals surface area (Å²) in [4.78, 5) is 31.1. The molecule has 2 amide bonds. The van der Waals surface area contributed by atoms with Crippen LogP contribution in [0, 0.1) is 5.92 Å². The average Bonchev–Trinajstić information content (AvgIpc) is 2.74. The molecule has 2 saturated heterocycles. The molecule has 1 aromatic carbocycles. The fraction of sp³-hybridized carbons (Fsp3) is 0.545. The van der Waals surface area contributed by atoms with E-state index in [1.165, 1.54) is 5.56 Å². The third-order valence-electron chi connectivity index (χ3n) is 5.58. The molecule has 3 rings (SSSR count). The Hall–Kier alpha value is -2.14. The van der Waals surface area contributed by atoms with Crippen molar-refractivity contribution in [1.29, 1.82) is 0 Å². The van der Waals surface area contributed by atoms with E-state index >= 15 is 0 Å². The molecule has 0 radical (unpaired) electrons. The van der Waals surface area contributed by atoms with Gasteiger partial charge in [-0.05, 0) is 18.4 Å². The Kier molecular flexibility index (Phi) is 7.04. The van der Waals surface area contributed by atoms with Gasteiger partial charge in [-0.1, -0.05) is 49.4 Å². The van der Waals surface area contributed by atoms with Gasteiger partial charge in [-0.15, -0.1) is 0 Å². The van der Waals surface area contributed by atoms with Crippen molar-refractivity contribution in [3.05, 3.63) is 42.0 Å². The molecule has 27 heavy (non-hydrogen) atoms. The molecule has 0 spiro atoms. The number of hydrogen-bond donors (Lipinski definition) is 0. The van der Waals surface area contributed by atoms with Gasteiger partial charge in [0.15, 0.2) is 0 Å². The van der Waals surface area contributed by atoms with Gasteiger partial charge < -0.3 is 9.80 Å². The molecular formula is C22H31N3O2. The number of piperidine rings is 1. The molecule has 0 aliphatic carbocycles. The Morgan fingerprint density at radius 3 is 2.48 bits per heavy atom. The summed E-state index contributed by atoms with van der Waals surface area (Å²) in [6, 6.07) is 10.3. The highest BCUT2D eigenvalue weighted by molar-refractivity contribution is 5.81. The van der Waals surface area contributed by atoms with Gasteiger partial charge in [0.25, 0.3) is 0 Å². The van der Waals surface area contributed by atoms with Gasteiger partial charge in [0, 0.05) is 52.2 Å². The van der Waals surface area contributed by atoms with Gasteiger partial charge >= 0.3 is 0 Å². The first-order valence-corrected chi connectivity index (χ1v) is 10.2. The van der Waals surface area contributed by atoms with Crippen molar-refractivity contribution in [3.8, 4) is 0 Å². The van der Waals surface area contributed by atoms with Crippen molar-refractivity contribution in [2.75, 3.05) is 45.8 Å². The Balaban J connectivity index is 1.44. The molecular weight excluding hydrogens is 338 g/mol. The Morgan fingerprint density at radius 1 is 1.04 bits per heavy atom. The number of nitrogens with zero attached hydrogens (tertiary/aromatic N) is 3. The smallest absolute Gasteiger partial charge is 0.227 e. The average molecular weight is 370 g/mol. The molecule has 1 atom stereocenters. The van der Waals surface area contributed by atoms with Crippen LogP contribution in [0.3, 0.4) is 0 Å². The molecule has 2 fully saturated rings. The van der Waals surface area contributed by atoms with E-state index in [-0.39, 0.29) is 17.7 Å². The van der Waals surface area contributed by atoms with Crippen molar-refractivity contribution in [1.82, 2.24) is 14.7 Å². The van der Waals surface area contributed by atoms with Gasteiger partial charge in [0.1, 0.15) is 0 Å². The van der Waals surface area contributed by atoms with Crippen LogP contribution in [0.4, 0.5) is 0 Å². The maximum Gasteiger partial charge on any atom is 0.227 e. The minimum atomic E-state index is -0.0150. The molecule has 2 aliphatic rings. The van der Waals surface area contributed by atoms with Crippen LogP contribution in [0.2, 0.25) is 0 Å². The van der Waals surface area contributed by atoms with Crippen LogP contribution in [0.1, 0.15) is 31.7 Å². The SMILES string of the molecule is CCC(=O)N1CCC[C@@H](C(=O)N2CCN(C/C=C/c3ccccc3)CC2)C1. The zero-order valence-corrected chi connectivity index (χ0v) is 16.3. The van der Waals surface area contributed by atoms with Crippen LogP contribution in [0.15, 0.2) is 36.4 Å². The lowest BCUT2D eigenvalue weighted by atomic mass is 9.96. The van der Waals surface area contributed by atoms with E-state index in [9.17, 15) is 9.59 Å². The first kappa shape index (κ1) is 19.6. The zero-order valence-electron chi connectivity index (χ0n) is 16.3. The van der Waals surface area contributed by atoms with Gasteiger partial charge in [-0.3, -0.25) is 14.5 Å². The third kappa shape index (κ3) is 5.42. The highest BCUT2D eigenvalue weighted by Crippen LogP contribution is 2.20. The predicted molar refractivity (Wildman–Crippen MR) is 108 cm³/mol. The quantitative estimate of drug-likeness (QED) is 0.801. The van der Waals surface area contributed by atoms with E-state index in [2.05, 4.69) is 29.2 Å². The molecule has 146 valence electrons. The number of piperazine rings is 1. The molecule has 2 aliphatic heterocycles. The first-order valence-electron chi connectivity index (χ1n) is 10.2. The molecule has 5 heteroatoms. The number of carbonyl (C=O) groups excluding carboxylic acids is 2. The van der Waals surface area contributed by atoms with E-state index < -0.39 is 0 Å². The van der Waals surface area contributed by atoms with Crippen LogP contribution in [-0.2, 0) is 9.59 Å². The second kappa shape index (κ2) is 9.70. The Labute approximate surface area is 162 Å².